The van der Waals surface area contributed by atoms with Crippen molar-refractivity contribution in [2.45, 2.75) is 19.2 Å². The molecule has 1 N–H and O–H groups in total. The molecule has 0 unspecified atom stereocenters. The quantitative estimate of drug-likeness (QED) is 0.906. The minimum absolute atomic E-state index is 0.0268. The second kappa shape index (κ2) is 6.09. The lowest BCUT2D eigenvalue weighted by Gasteiger charge is -2.06. The van der Waals surface area contributed by atoms with E-state index in [1.165, 1.54) is 6.07 Å². The summed E-state index contributed by atoms with van der Waals surface area (Å²) in [5, 5.41) is 4.29. The van der Waals surface area contributed by atoms with Gasteiger partial charge in [-0.2, -0.15) is 4.98 Å². The highest BCUT2D eigenvalue weighted by molar-refractivity contribution is 7.88. The summed E-state index contributed by atoms with van der Waals surface area (Å²) < 4.78 is 30.9. The molecule has 0 saturated carbocycles. The van der Waals surface area contributed by atoms with Gasteiger partial charge in [0.25, 0.3) is 0 Å². The van der Waals surface area contributed by atoms with Crippen LogP contribution in [0.5, 0.6) is 0 Å². The molecule has 0 aliphatic carbocycles. The monoisotopic (exact) mass is 335 g/mol. The van der Waals surface area contributed by atoms with E-state index in [2.05, 4.69) is 14.9 Å². The van der Waals surface area contributed by atoms with Gasteiger partial charge in [0, 0.05) is 6.92 Å². The number of rotatable bonds is 5. The molecule has 9 heteroatoms. The maximum absolute atomic E-state index is 11.9. The van der Waals surface area contributed by atoms with Gasteiger partial charge in [0.05, 0.1) is 22.3 Å². The van der Waals surface area contributed by atoms with Crippen molar-refractivity contribution in [3.8, 4) is 0 Å². The summed E-state index contributed by atoms with van der Waals surface area (Å²) in [6.07, 6.45) is 0. The molecule has 0 aliphatic heterocycles. The summed E-state index contributed by atoms with van der Waals surface area (Å²) in [6, 6.07) is 4.67. The molecule has 108 valence electrons. The number of nitrogens with zero attached hydrogens (tertiary/aromatic N) is 2. The van der Waals surface area contributed by atoms with E-state index >= 15 is 0 Å². The van der Waals surface area contributed by atoms with Gasteiger partial charge in [-0.05, 0) is 17.7 Å². The number of hydrogen-bond donors (Lipinski definition) is 1. The zero-order chi connectivity index (χ0) is 14.8. The standard InChI is InChI=1S/C11H11Cl2N3O3S/c1-7-15-11(16-19-7)5-14-20(17,18)6-8-2-3-9(12)10(13)4-8/h2-4,14H,5-6H2,1H3. The summed E-state index contributed by atoms with van der Waals surface area (Å²) in [7, 11) is -3.53. The third-order valence-corrected chi connectivity index (χ3v) is 4.40. The lowest BCUT2D eigenvalue weighted by atomic mass is 10.2. The van der Waals surface area contributed by atoms with Crippen molar-refractivity contribution >= 4 is 33.2 Å². The fourth-order valence-electron chi connectivity index (χ4n) is 1.49. The van der Waals surface area contributed by atoms with Gasteiger partial charge in [0.1, 0.15) is 0 Å². The molecular formula is C11H11Cl2N3O3S. The van der Waals surface area contributed by atoms with E-state index in [1.54, 1.807) is 19.1 Å². The predicted octanol–water partition coefficient (Wildman–Crippen LogP) is 2.30. The first kappa shape index (κ1) is 15.2. The minimum atomic E-state index is -3.53. The van der Waals surface area contributed by atoms with E-state index < -0.39 is 10.0 Å². The maximum Gasteiger partial charge on any atom is 0.223 e. The molecule has 2 aromatic rings. The van der Waals surface area contributed by atoms with Crippen LogP contribution < -0.4 is 4.72 Å². The Hall–Kier alpha value is -1.15. The molecular weight excluding hydrogens is 325 g/mol. The second-order valence-electron chi connectivity index (χ2n) is 4.06. The lowest BCUT2D eigenvalue weighted by Crippen LogP contribution is -2.25. The average molecular weight is 336 g/mol. The fraction of sp³-hybridized carbons (Fsp3) is 0.273. The zero-order valence-electron chi connectivity index (χ0n) is 10.4. The van der Waals surface area contributed by atoms with Gasteiger partial charge >= 0.3 is 0 Å². The molecule has 1 aromatic carbocycles. The van der Waals surface area contributed by atoms with E-state index in [1.807, 2.05) is 0 Å². The Kier molecular flexibility index (Phi) is 4.64. The summed E-state index contributed by atoms with van der Waals surface area (Å²) in [5.41, 5.74) is 0.538. The van der Waals surface area contributed by atoms with Crippen LogP contribution in [0.1, 0.15) is 17.3 Å². The van der Waals surface area contributed by atoms with Crippen LogP contribution in [0.2, 0.25) is 10.0 Å². The van der Waals surface area contributed by atoms with Gasteiger partial charge in [0.15, 0.2) is 5.82 Å². The summed E-state index contributed by atoms with van der Waals surface area (Å²) in [5.74, 6) is 0.449. The van der Waals surface area contributed by atoms with Gasteiger partial charge in [-0.3, -0.25) is 0 Å². The van der Waals surface area contributed by atoms with Crippen LogP contribution in [0.25, 0.3) is 0 Å². The highest BCUT2D eigenvalue weighted by Crippen LogP contribution is 2.23. The van der Waals surface area contributed by atoms with Crippen molar-refractivity contribution in [3.63, 3.8) is 0 Å². The Balaban J connectivity index is 2.01. The Morgan fingerprint density at radius 3 is 2.65 bits per heavy atom. The van der Waals surface area contributed by atoms with Crippen molar-refractivity contribution < 1.29 is 12.9 Å². The molecule has 0 radical (unpaired) electrons. The van der Waals surface area contributed by atoms with Gasteiger partial charge in [-0.25, -0.2) is 13.1 Å². The Morgan fingerprint density at radius 1 is 1.30 bits per heavy atom. The number of hydrogen-bond acceptors (Lipinski definition) is 5. The highest BCUT2D eigenvalue weighted by atomic mass is 35.5. The van der Waals surface area contributed by atoms with E-state index in [0.717, 1.165) is 0 Å². The lowest BCUT2D eigenvalue weighted by molar-refractivity contribution is 0.387. The van der Waals surface area contributed by atoms with Crippen LogP contribution in [0, 0.1) is 6.92 Å². The van der Waals surface area contributed by atoms with Crippen LogP contribution in [-0.2, 0) is 22.3 Å². The normalized spacial score (nSPS) is 11.8. The number of sulfonamides is 1. The molecule has 0 spiro atoms. The first-order valence-electron chi connectivity index (χ1n) is 5.56. The number of halogens is 2. The third-order valence-electron chi connectivity index (χ3n) is 2.36. The summed E-state index contributed by atoms with van der Waals surface area (Å²) in [4.78, 5) is 3.90. The number of aromatic nitrogens is 2. The summed E-state index contributed by atoms with van der Waals surface area (Å²) >= 11 is 11.6. The molecule has 20 heavy (non-hydrogen) atoms. The Bertz CT molecular complexity index is 715. The van der Waals surface area contributed by atoms with E-state index in [4.69, 9.17) is 27.7 Å². The van der Waals surface area contributed by atoms with Crippen molar-refractivity contribution in [1.82, 2.24) is 14.9 Å². The molecule has 2 rings (SSSR count). The van der Waals surface area contributed by atoms with Gasteiger partial charge in [-0.15, -0.1) is 0 Å². The predicted molar refractivity (Wildman–Crippen MR) is 75.0 cm³/mol. The van der Waals surface area contributed by atoms with Crippen molar-refractivity contribution in [3.05, 3.63) is 45.5 Å². The third kappa shape index (κ3) is 4.17. The molecule has 0 atom stereocenters. The number of nitrogens with one attached hydrogen (secondary N) is 1. The van der Waals surface area contributed by atoms with E-state index in [-0.39, 0.29) is 18.1 Å². The first-order valence-corrected chi connectivity index (χ1v) is 7.97. The molecule has 0 fully saturated rings. The average Bonchev–Trinajstić information content (AvgIpc) is 2.77. The molecule has 0 amide bonds. The van der Waals surface area contributed by atoms with Crippen LogP contribution in [0.15, 0.2) is 22.7 Å². The minimum Gasteiger partial charge on any atom is -0.340 e. The van der Waals surface area contributed by atoms with Crippen molar-refractivity contribution in [2.24, 2.45) is 0 Å². The zero-order valence-corrected chi connectivity index (χ0v) is 12.8. The van der Waals surface area contributed by atoms with Crippen LogP contribution >= 0.6 is 23.2 Å². The fourth-order valence-corrected chi connectivity index (χ4v) is 2.88. The topological polar surface area (TPSA) is 85.1 Å². The molecule has 1 heterocycles. The van der Waals surface area contributed by atoms with Gasteiger partial charge < -0.3 is 4.52 Å². The van der Waals surface area contributed by atoms with Crippen LogP contribution in [0.3, 0.4) is 0 Å². The van der Waals surface area contributed by atoms with Gasteiger partial charge in [0.2, 0.25) is 15.9 Å². The van der Waals surface area contributed by atoms with Crippen molar-refractivity contribution in [1.29, 1.82) is 0 Å². The molecule has 0 aliphatic rings. The molecule has 0 saturated heterocycles. The Morgan fingerprint density at radius 2 is 2.05 bits per heavy atom. The number of aryl methyl sites for hydroxylation is 1. The largest absolute Gasteiger partial charge is 0.340 e. The highest BCUT2D eigenvalue weighted by Gasteiger charge is 2.14. The van der Waals surface area contributed by atoms with E-state index in [9.17, 15) is 8.42 Å². The van der Waals surface area contributed by atoms with Crippen LogP contribution in [0.4, 0.5) is 0 Å². The Labute approximate surface area is 126 Å². The maximum atomic E-state index is 11.9. The van der Waals surface area contributed by atoms with Crippen LogP contribution in [-0.4, -0.2) is 18.6 Å². The number of benzene rings is 1. The molecule has 1 aromatic heterocycles. The smallest absolute Gasteiger partial charge is 0.223 e. The second-order valence-corrected chi connectivity index (χ2v) is 6.68. The van der Waals surface area contributed by atoms with Crippen molar-refractivity contribution in [2.75, 3.05) is 0 Å². The first-order chi connectivity index (χ1) is 9.35. The SMILES string of the molecule is Cc1nc(CNS(=O)(=O)Cc2ccc(Cl)c(Cl)c2)no1. The van der Waals surface area contributed by atoms with E-state index in [0.29, 0.717) is 21.5 Å². The molecule has 6 nitrogen and oxygen atoms in total. The van der Waals surface area contributed by atoms with Gasteiger partial charge in [-0.1, -0.05) is 34.4 Å². The molecule has 0 bridgehead atoms. The summed E-state index contributed by atoms with van der Waals surface area (Å²) in [6.45, 7) is 1.60.